The molecule has 0 aromatic heterocycles. The smallest absolute Gasteiger partial charge is 0.329 e. The van der Waals surface area contributed by atoms with Gasteiger partial charge in [-0.05, 0) is 38.1 Å². The summed E-state index contributed by atoms with van der Waals surface area (Å²) in [7, 11) is 0. The SMILES string of the molecule is CCCC(CCN)CCC(=O)NC1(C(=O)O)CCCCC1. The van der Waals surface area contributed by atoms with Gasteiger partial charge in [0.15, 0.2) is 0 Å². The van der Waals surface area contributed by atoms with E-state index in [-0.39, 0.29) is 5.91 Å². The molecule has 5 heteroatoms. The number of amides is 1. The first kappa shape index (κ1) is 18.0. The minimum atomic E-state index is -1.02. The molecule has 1 saturated carbocycles. The van der Waals surface area contributed by atoms with Gasteiger partial charge >= 0.3 is 5.97 Å². The van der Waals surface area contributed by atoms with Crippen molar-refractivity contribution in [1.82, 2.24) is 5.32 Å². The Balaban J connectivity index is 2.48. The maximum atomic E-state index is 12.1. The lowest BCUT2D eigenvalue weighted by molar-refractivity contribution is -0.149. The highest BCUT2D eigenvalue weighted by atomic mass is 16.4. The molecule has 0 saturated heterocycles. The number of carboxylic acids is 1. The first-order valence-electron chi connectivity index (χ1n) is 8.28. The summed E-state index contributed by atoms with van der Waals surface area (Å²) < 4.78 is 0. The van der Waals surface area contributed by atoms with Gasteiger partial charge in [-0.25, -0.2) is 4.79 Å². The van der Waals surface area contributed by atoms with E-state index < -0.39 is 11.5 Å². The molecule has 5 nitrogen and oxygen atoms in total. The number of nitrogens with two attached hydrogens (primary N) is 1. The van der Waals surface area contributed by atoms with Crippen molar-refractivity contribution >= 4 is 11.9 Å². The third-order valence-corrected chi connectivity index (χ3v) is 4.55. The summed E-state index contributed by atoms with van der Waals surface area (Å²) in [6.45, 7) is 2.77. The Kier molecular flexibility index (Phi) is 7.72. The number of carbonyl (C=O) groups excluding carboxylic acids is 1. The van der Waals surface area contributed by atoms with Crippen LogP contribution in [0.15, 0.2) is 0 Å². The highest BCUT2D eigenvalue weighted by Crippen LogP contribution is 2.29. The van der Waals surface area contributed by atoms with E-state index in [4.69, 9.17) is 5.73 Å². The second-order valence-corrected chi connectivity index (χ2v) is 6.27. The minimum absolute atomic E-state index is 0.127. The van der Waals surface area contributed by atoms with Gasteiger partial charge in [-0.3, -0.25) is 4.79 Å². The zero-order valence-electron chi connectivity index (χ0n) is 13.2. The van der Waals surface area contributed by atoms with Crippen molar-refractivity contribution in [3.05, 3.63) is 0 Å². The zero-order chi connectivity index (χ0) is 15.7. The molecule has 0 aromatic rings. The average molecular weight is 298 g/mol. The molecule has 122 valence electrons. The van der Waals surface area contributed by atoms with E-state index in [1.54, 1.807) is 0 Å². The van der Waals surface area contributed by atoms with Gasteiger partial charge in [0.2, 0.25) is 5.91 Å². The van der Waals surface area contributed by atoms with Crippen molar-refractivity contribution in [2.24, 2.45) is 11.7 Å². The highest BCUT2D eigenvalue weighted by Gasteiger charge is 2.40. The standard InChI is InChI=1S/C16H30N2O3/c1-2-6-13(9-12-17)7-8-14(19)18-16(15(20)21)10-4-3-5-11-16/h13H,2-12,17H2,1H3,(H,18,19)(H,20,21). The number of carboxylic acid groups (broad SMARTS) is 1. The summed E-state index contributed by atoms with van der Waals surface area (Å²) in [6, 6.07) is 0. The molecule has 1 atom stereocenters. The van der Waals surface area contributed by atoms with Gasteiger partial charge in [-0.1, -0.05) is 39.0 Å². The highest BCUT2D eigenvalue weighted by molar-refractivity contribution is 5.87. The van der Waals surface area contributed by atoms with Crippen LogP contribution in [-0.4, -0.2) is 29.1 Å². The summed E-state index contributed by atoms with van der Waals surface area (Å²) in [6.07, 6.45) is 8.21. The molecule has 0 aliphatic heterocycles. The van der Waals surface area contributed by atoms with Gasteiger partial charge in [0, 0.05) is 6.42 Å². The number of hydrogen-bond acceptors (Lipinski definition) is 3. The summed E-state index contributed by atoms with van der Waals surface area (Å²) in [5.41, 5.74) is 4.57. The average Bonchev–Trinajstić information content (AvgIpc) is 2.46. The molecule has 21 heavy (non-hydrogen) atoms. The van der Waals surface area contributed by atoms with E-state index in [1.807, 2.05) is 0 Å². The Morgan fingerprint density at radius 2 is 1.86 bits per heavy atom. The first-order valence-corrected chi connectivity index (χ1v) is 8.28. The quantitative estimate of drug-likeness (QED) is 0.609. The predicted octanol–water partition coefficient (Wildman–Crippen LogP) is 2.44. The molecule has 0 bridgehead atoms. The third-order valence-electron chi connectivity index (χ3n) is 4.55. The first-order chi connectivity index (χ1) is 10.0. The van der Waals surface area contributed by atoms with Gasteiger partial charge < -0.3 is 16.2 Å². The van der Waals surface area contributed by atoms with E-state index in [0.717, 1.165) is 44.9 Å². The largest absolute Gasteiger partial charge is 0.480 e. The van der Waals surface area contributed by atoms with Crippen LogP contribution >= 0.6 is 0 Å². The van der Waals surface area contributed by atoms with E-state index in [9.17, 15) is 14.7 Å². The van der Waals surface area contributed by atoms with E-state index in [2.05, 4.69) is 12.2 Å². The van der Waals surface area contributed by atoms with Crippen LogP contribution in [-0.2, 0) is 9.59 Å². The van der Waals surface area contributed by atoms with E-state index in [0.29, 0.717) is 31.7 Å². The molecule has 4 N–H and O–H groups in total. The third kappa shape index (κ3) is 5.65. The maximum absolute atomic E-state index is 12.1. The fourth-order valence-corrected chi connectivity index (χ4v) is 3.29. The molecular formula is C16H30N2O3. The normalized spacial score (nSPS) is 19.0. The molecule has 1 aliphatic rings. The number of aliphatic carboxylic acids is 1. The molecule has 1 fully saturated rings. The lowest BCUT2D eigenvalue weighted by atomic mass is 9.81. The van der Waals surface area contributed by atoms with Crippen LogP contribution < -0.4 is 11.1 Å². The van der Waals surface area contributed by atoms with Crippen LogP contribution in [0.5, 0.6) is 0 Å². The number of rotatable bonds is 9. The predicted molar refractivity (Wildman–Crippen MR) is 82.9 cm³/mol. The lowest BCUT2D eigenvalue weighted by Gasteiger charge is -2.34. The van der Waals surface area contributed by atoms with Crippen LogP contribution in [0.1, 0.15) is 71.1 Å². The van der Waals surface area contributed by atoms with Crippen molar-refractivity contribution in [2.75, 3.05) is 6.54 Å². The van der Waals surface area contributed by atoms with Crippen LogP contribution in [0.2, 0.25) is 0 Å². The number of nitrogens with one attached hydrogen (secondary N) is 1. The minimum Gasteiger partial charge on any atom is -0.480 e. The zero-order valence-corrected chi connectivity index (χ0v) is 13.2. The summed E-state index contributed by atoms with van der Waals surface area (Å²) >= 11 is 0. The molecule has 1 aliphatic carbocycles. The van der Waals surface area contributed by atoms with Gasteiger partial charge in [0.25, 0.3) is 0 Å². The molecular weight excluding hydrogens is 268 g/mol. The van der Waals surface area contributed by atoms with Gasteiger partial charge in [0.1, 0.15) is 5.54 Å². The molecule has 1 amide bonds. The Morgan fingerprint density at radius 1 is 1.19 bits per heavy atom. The van der Waals surface area contributed by atoms with Crippen molar-refractivity contribution in [3.8, 4) is 0 Å². The second kappa shape index (κ2) is 9.03. The van der Waals surface area contributed by atoms with Crippen molar-refractivity contribution in [2.45, 2.75) is 76.7 Å². The van der Waals surface area contributed by atoms with Crippen LogP contribution in [0.3, 0.4) is 0 Å². The molecule has 1 rings (SSSR count). The molecule has 0 radical (unpaired) electrons. The molecule has 0 spiro atoms. The van der Waals surface area contributed by atoms with Crippen LogP contribution in [0.25, 0.3) is 0 Å². The van der Waals surface area contributed by atoms with E-state index in [1.165, 1.54) is 0 Å². The van der Waals surface area contributed by atoms with Crippen molar-refractivity contribution < 1.29 is 14.7 Å². The maximum Gasteiger partial charge on any atom is 0.329 e. The monoisotopic (exact) mass is 298 g/mol. The van der Waals surface area contributed by atoms with Gasteiger partial charge in [-0.15, -0.1) is 0 Å². The van der Waals surface area contributed by atoms with E-state index >= 15 is 0 Å². The number of hydrogen-bond donors (Lipinski definition) is 3. The van der Waals surface area contributed by atoms with Crippen molar-refractivity contribution in [1.29, 1.82) is 0 Å². The Bertz CT molecular complexity index is 332. The fraction of sp³-hybridized carbons (Fsp3) is 0.875. The Hall–Kier alpha value is -1.10. The Labute approximate surface area is 127 Å². The lowest BCUT2D eigenvalue weighted by Crippen LogP contribution is -2.55. The number of carbonyl (C=O) groups is 2. The van der Waals surface area contributed by atoms with Gasteiger partial charge in [0.05, 0.1) is 0 Å². The van der Waals surface area contributed by atoms with Crippen LogP contribution in [0, 0.1) is 5.92 Å². The molecule has 1 unspecified atom stereocenters. The molecule has 0 heterocycles. The molecule has 0 aromatic carbocycles. The summed E-state index contributed by atoms with van der Waals surface area (Å²) in [5, 5.41) is 12.3. The summed E-state index contributed by atoms with van der Waals surface area (Å²) in [5.74, 6) is -0.544. The summed E-state index contributed by atoms with van der Waals surface area (Å²) in [4.78, 5) is 23.7. The van der Waals surface area contributed by atoms with Crippen molar-refractivity contribution in [3.63, 3.8) is 0 Å². The van der Waals surface area contributed by atoms with Gasteiger partial charge in [-0.2, -0.15) is 0 Å². The fourth-order valence-electron chi connectivity index (χ4n) is 3.29. The second-order valence-electron chi connectivity index (χ2n) is 6.27. The Morgan fingerprint density at radius 3 is 2.38 bits per heavy atom. The topological polar surface area (TPSA) is 92.4 Å². The van der Waals surface area contributed by atoms with Crippen LogP contribution in [0.4, 0.5) is 0 Å².